The molecule has 0 aliphatic heterocycles. The minimum Gasteiger partial charge on any atom is -0.454 e. The third kappa shape index (κ3) is 4.15. The standard InChI is InChI=1S/C19H30N2O4/c1-3-12(2)21-16(22)11-25-17(23)10-20-18(24)19-7-13-4-14(8-19)6-15(5-13)9-19/h12-15H,3-11H2,1-2H3,(H,20,24)(H,21,22)/t12-,13?,14?,15?,19?/m1/s1. The van der Waals surface area contributed by atoms with Gasteiger partial charge in [0.15, 0.2) is 6.61 Å². The molecule has 4 aliphatic carbocycles. The van der Waals surface area contributed by atoms with Crippen molar-refractivity contribution in [1.82, 2.24) is 10.6 Å². The molecule has 2 amide bonds. The lowest BCUT2D eigenvalue weighted by molar-refractivity contribution is -0.152. The predicted molar refractivity (Wildman–Crippen MR) is 92.5 cm³/mol. The summed E-state index contributed by atoms with van der Waals surface area (Å²) in [5.74, 6) is 1.20. The zero-order valence-corrected chi connectivity index (χ0v) is 15.3. The molecule has 6 nitrogen and oxygen atoms in total. The number of carbonyl (C=O) groups is 3. The summed E-state index contributed by atoms with van der Waals surface area (Å²) in [7, 11) is 0. The van der Waals surface area contributed by atoms with Gasteiger partial charge in [0.2, 0.25) is 5.91 Å². The van der Waals surface area contributed by atoms with Gasteiger partial charge in [-0.05, 0) is 69.6 Å². The van der Waals surface area contributed by atoms with E-state index in [1.165, 1.54) is 19.3 Å². The fraction of sp³-hybridized carbons (Fsp3) is 0.842. The fourth-order valence-electron chi connectivity index (χ4n) is 5.34. The van der Waals surface area contributed by atoms with E-state index in [0.717, 1.165) is 25.7 Å². The van der Waals surface area contributed by atoms with E-state index < -0.39 is 5.97 Å². The van der Waals surface area contributed by atoms with Gasteiger partial charge in [-0.2, -0.15) is 0 Å². The number of nitrogens with one attached hydrogen (secondary N) is 2. The lowest BCUT2D eigenvalue weighted by atomic mass is 9.49. The van der Waals surface area contributed by atoms with Gasteiger partial charge in [-0.1, -0.05) is 6.92 Å². The molecule has 4 saturated carbocycles. The number of ether oxygens (including phenoxy) is 1. The molecule has 0 unspecified atom stereocenters. The quantitative estimate of drug-likeness (QED) is 0.686. The Bertz CT molecular complexity index is 510. The van der Waals surface area contributed by atoms with Crippen LogP contribution in [0.25, 0.3) is 0 Å². The van der Waals surface area contributed by atoms with Gasteiger partial charge >= 0.3 is 5.97 Å². The summed E-state index contributed by atoms with van der Waals surface area (Å²) in [6.45, 7) is 3.41. The van der Waals surface area contributed by atoms with Crippen LogP contribution in [0.5, 0.6) is 0 Å². The van der Waals surface area contributed by atoms with Crippen LogP contribution >= 0.6 is 0 Å². The Balaban J connectivity index is 1.42. The first-order chi connectivity index (χ1) is 11.9. The van der Waals surface area contributed by atoms with Crippen molar-refractivity contribution in [2.45, 2.75) is 64.8 Å². The summed E-state index contributed by atoms with van der Waals surface area (Å²) in [6.07, 6.45) is 7.56. The van der Waals surface area contributed by atoms with Crippen LogP contribution < -0.4 is 10.6 Å². The Morgan fingerprint density at radius 3 is 2.16 bits per heavy atom. The van der Waals surface area contributed by atoms with Gasteiger partial charge in [0, 0.05) is 11.5 Å². The molecule has 4 bridgehead atoms. The van der Waals surface area contributed by atoms with E-state index >= 15 is 0 Å². The first-order valence-electron chi connectivity index (χ1n) is 9.63. The fourth-order valence-corrected chi connectivity index (χ4v) is 5.34. The van der Waals surface area contributed by atoms with E-state index in [-0.39, 0.29) is 36.4 Å². The predicted octanol–water partition coefficient (Wildman–Crippen LogP) is 1.78. The van der Waals surface area contributed by atoms with Crippen LogP contribution in [0, 0.1) is 23.2 Å². The van der Waals surface area contributed by atoms with E-state index in [1.807, 2.05) is 13.8 Å². The monoisotopic (exact) mass is 350 g/mol. The number of hydrogen-bond donors (Lipinski definition) is 2. The molecule has 140 valence electrons. The summed E-state index contributed by atoms with van der Waals surface area (Å²) in [5.41, 5.74) is -0.261. The lowest BCUT2D eigenvalue weighted by Gasteiger charge is -2.55. The molecule has 1 atom stereocenters. The maximum absolute atomic E-state index is 12.7. The second-order valence-electron chi connectivity index (χ2n) is 8.42. The van der Waals surface area contributed by atoms with Crippen LogP contribution in [0.15, 0.2) is 0 Å². The van der Waals surface area contributed by atoms with Gasteiger partial charge < -0.3 is 15.4 Å². The van der Waals surface area contributed by atoms with Crippen molar-refractivity contribution in [3.05, 3.63) is 0 Å². The van der Waals surface area contributed by atoms with E-state index in [9.17, 15) is 14.4 Å². The highest BCUT2D eigenvalue weighted by atomic mass is 16.5. The maximum atomic E-state index is 12.7. The highest BCUT2D eigenvalue weighted by Crippen LogP contribution is 2.60. The average Bonchev–Trinajstić information content (AvgIpc) is 2.56. The van der Waals surface area contributed by atoms with Crippen molar-refractivity contribution in [3.8, 4) is 0 Å². The summed E-state index contributed by atoms with van der Waals surface area (Å²) in [6, 6.07) is 0.0574. The van der Waals surface area contributed by atoms with Crippen LogP contribution in [0.2, 0.25) is 0 Å². The Morgan fingerprint density at radius 1 is 1.08 bits per heavy atom. The van der Waals surface area contributed by atoms with Gasteiger partial charge in [-0.25, -0.2) is 0 Å². The summed E-state index contributed by atoms with van der Waals surface area (Å²) >= 11 is 0. The zero-order valence-electron chi connectivity index (χ0n) is 15.3. The molecular formula is C19H30N2O4. The van der Waals surface area contributed by atoms with Crippen molar-refractivity contribution in [1.29, 1.82) is 0 Å². The molecule has 0 saturated heterocycles. The van der Waals surface area contributed by atoms with E-state index in [0.29, 0.717) is 17.8 Å². The number of esters is 1. The van der Waals surface area contributed by atoms with Crippen LogP contribution in [0.4, 0.5) is 0 Å². The van der Waals surface area contributed by atoms with Crippen molar-refractivity contribution < 1.29 is 19.1 Å². The number of amides is 2. The number of rotatable bonds is 7. The molecule has 0 radical (unpaired) electrons. The molecule has 0 spiro atoms. The van der Waals surface area contributed by atoms with Crippen molar-refractivity contribution in [3.63, 3.8) is 0 Å². The zero-order chi connectivity index (χ0) is 18.0. The second-order valence-corrected chi connectivity index (χ2v) is 8.42. The van der Waals surface area contributed by atoms with Crippen LogP contribution in [-0.2, 0) is 19.1 Å². The van der Waals surface area contributed by atoms with Gasteiger partial charge in [0.05, 0.1) is 0 Å². The minimum absolute atomic E-state index is 0.00704. The van der Waals surface area contributed by atoms with Crippen molar-refractivity contribution >= 4 is 17.8 Å². The molecular weight excluding hydrogens is 320 g/mol. The van der Waals surface area contributed by atoms with E-state index in [1.54, 1.807) is 0 Å². The van der Waals surface area contributed by atoms with Crippen LogP contribution in [0.1, 0.15) is 58.8 Å². The largest absolute Gasteiger partial charge is 0.454 e. The molecule has 4 aliphatic rings. The molecule has 4 rings (SSSR count). The Morgan fingerprint density at radius 2 is 1.64 bits per heavy atom. The molecule has 4 fully saturated rings. The summed E-state index contributed by atoms with van der Waals surface area (Å²) in [5, 5.41) is 5.51. The Labute approximate surface area is 149 Å². The SMILES string of the molecule is CC[C@@H](C)NC(=O)COC(=O)CNC(=O)C12CC3CC(CC(C3)C1)C2. The molecule has 0 heterocycles. The van der Waals surface area contributed by atoms with E-state index in [4.69, 9.17) is 4.74 Å². The van der Waals surface area contributed by atoms with Gasteiger partial charge in [0.25, 0.3) is 5.91 Å². The molecule has 6 heteroatoms. The van der Waals surface area contributed by atoms with Gasteiger partial charge in [0.1, 0.15) is 6.54 Å². The van der Waals surface area contributed by atoms with Crippen molar-refractivity contribution in [2.75, 3.05) is 13.2 Å². The Hall–Kier alpha value is -1.59. The average molecular weight is 350 g/mol. The molecule has 0 aromatic carbocycles. The topological polar surface area (TPSA) is 84.5 Å². The minimum atomic E-state index is -0.558. The first-order valence-corrected chi connectivity index (χ1v) is 9.63. The van der Waals surface area contributed by atoms with Gasteiger partial charge in [-0.15, -0.1) is 0 Å². The number of hydrogen-bond acceptors (Lipinski definition) is 4. The highest BCUT2D eigenvalue weighted by Gasteiger charge is 2.54. The Kier molecular flexibility index (Phi) is 5.35. The number of carbonyl (C=O) groups excluding carboxylic acids is 3. The van der Waals surface area contributed by atoms with E-state index in [2.05, 4.69) is 10.6 Å². The smallest absolute Gasteiger partial charge is 0.325 e. The maximum Gasteiger partial charge on any atom is 0.325 e. The normalized spacial score (nSPS) is 33.6. The third-order valence-electron chi connectivity index (χ3n) is 6.30. The molecule has 0 aromatic rings. The third-order valence-corrected chi connectivity index (χ3v) is 6.30. The second kappa shape index (κ2) is 7.34. The molecule has 2 N–H and O–H groups in total. The van der Waals surface area contributed by atoms with Crippen LogP contribution in [-0.4, -0.2) is 37.0 Å². The lowest BCUT2D eigenvalue weighted by Crippen LogP contribution is -2.54. The first kappa shape index (κ1) is 18.2. The van der Waals surface area contributed by atoms with Gasteiger partial charge in [-0.3, -0.25) is 14.4 Å². The molecule has 25 heavy (non-hydrogen) atoms. The van der Waals surface area contributed by atoms with Crippen LogP contribution in [0.3, 0.4) is 0 Å². The highest BCUT2D eigenvalue weighted by molar-refractivity contribution is 5.87. The summed E-state index contributed by atoms with van der Waals surface area (Å²) < 4.78 is 4.95. The van der Waals surface area contributed by atoms with Crippen molar-refractivity contribution in [2.24, 2.45) is 23.2 Å². The summed E-state index contributed by atoms with van der Waals surface area (Å²) in [4.78, 5) is 36.2. The molecule has 0 aromatic heterocycles.